The van der Waals surface area contributed by atoms with Crippen LogP contribution in [-0.2, 0) is 16.0 Å². The Morgan fingerprint density at radius 2 is 2.26 bits per heavy atom. The van der Waals surface area contributed by atoms with Crippen LogP contribution in [0.25, 0.3) is 0 Å². The fourth-order valence-electron chi connectivity index (χ4n) is 2.86. The quantitative estimate of drug-likeness (QED) is 0.839. The van der Waals surface area contributed by atoms with Gasteiger partial charge in [-0.2, -0.15) is 0 Å². The van der Waals surface area contributed by atoms with E-state index in [0.717, 1.165) is 37.9 Å². The maximum absolute atomic E-state index is 12.4. The van der Waals surface area contributed by atoms with Gasteiger partial charge >= 0.3 is 0 Å². The van der Waals surface area contributed by atoms with Crippen LogP contribution < -0.4 is 10.6 Å². The van der Waals surface area contributed by atoms with Crippen molar-refractivity contribution in [1.82, 2.24) is 10.6 Å². The van der Waals surface area contributed by atoms with E-state index in [0.29, 0.717) is 6.61 Å². The second-order valence-corrected chi connectivity index (χ2v) is 5.25. The van der Waals surface area contributed by atoms with E-state index in [9.17, 15) is 4.79 Å². The molecule has 3 rings (SSSR count). The number of carbonyl (C=O) groups excluding carboxylic acids is 1. The largest absolute Gasteiger partial charge is 0.363 e. The number of fused-ring (bicyclic) bond motifs is 1. The lowest BCUT2D eigenvalue weighted by molar-refractivity contribution is -0.135. The van der Waals surface area contributed by atoms with Crippen molar-refractivity contribution in [2.24, 2.45) is 0 Å². The molecule has 1 aromatic rings. The first kappa shape index (κ1) is 12.6. The van der Waals surface area contributed by atoms with Crippen molar-refractivity contribution >= 4 is 5.91 Å². The molecular weight excluding hydrogens is 240 g/mol. The highest BCUT2D eigenvalue weighted by molar-refractivity contribution is 5.83. The number of ether oxygens (including phenoxy) is 1. The standard InChI is InChI=1S/C15H20N2O2/c18-15(17-12-5-3-8-16-10-12)14-13-6-2-1-4-11(13)7-9-19-14/h1-2,4,6,12,14,16H,3,5,7-10H2,(H,17,18)/t12-,14?/m0/s1. The first-order chi connectivity index (χ1) is 9.34. The number of hydrogen-bond acceptors (Lipinski definition) is 3. The molecule has 1 fully saturated rings. The Balaban J connectivity index is 1.70. The van der Waals surface area contributed by atoms with E-state index < -0.39 is 6.10 Å². The molecule has 2 aliphatic heterocycles. The summed E-state index contributed by atoms with van der Waals surface area (Å²) in [6.45, 7) is 2.53. The summed E-state index contributed by atoms with van der Waals surface area (Å²) in [4.78, 5) is 12.4. The molecule has 1 amide bonds. The van der Waals surface area contributed by atoms with Crippen molar-refractivity contribution in [3.63, 3.8) is 0 Å². The van der Waals surface area contributed by atoms with E-state index in [2.05, 4.69) is 16.7 Å². The molecule has 0 aliphatic carbocycles. The van der Waals surface area contributed by atoms with Crippen molar-refractivity contribution in [1.29, 1.82) is 0 Å². The van der Waals surface area contributed by atoms with Crippen LogP contribution in [0.15, 0.2) is 24.3 Å². The molecule has 0 aromatic heterocycles. The second kappa shape index (κ2) is 5.72. The summed E-state index contributed by atoms with van der Waals surface area (Å²) in [6, 6.07) is 8.30. The predicted molar refractivity (Wildman–Crippen MR) is 72.9 cm³/mol. The molecule has 0 radical (unpaired) electrons. The van der Waals surface area contributed by atoms with Crippen LogP contribution >= 0.6 is 0 Å². The van der Waals surface area contributed by atoms with Crippen molar-refractivity contribution in [3.05, 3.63) is 35.4 Å². The van der Waals surface area contributed by atoms with Gasteiger partial charge in [0.1, 0.15) is 0 Å². The molecule has 0 spiro atoms. The highest BCUT2D eigenvalue weighted by atomic mass is 16.5. The molecule has 2 aliphatic rings. The van der Waals surface area contributed by atoms with E-state index in [1.807, 2.05) is 18.2 Å². The molecule has 1 aromatic carbocycles. The van der Waals surface area contributed by atoms with Crippen LogP contribution in [-0.4, -0.2) is 31.6 Å². The van der Waals surface area contributed by atoms with Gasteiger partial charge in [0, 0.05) is 12.6 Å². The molecule has 1 unspecified atom stereocenters. The summed E-state index contributed by atoms with van der Waals surface area (Å²) in [5.41, 5.74) is 2.26. The van der Waals surface area contributed by atoms with Gasteiger partial charge in [-0.05, 0) is 36.9 Å². The second-order valence-electron chi connectivity index (χ2n) is 5.25. The highest BCUT2D eigenvalue weighted by Gasteiger charge is 2.28. The number of hydrogen-bond donors (Lipinski definition) is 2. The summed E-state index contributed by atoms with van der Waals surface area (Å²) >= 11 is 0. The fraction of sp³-hybridized carbons (Fsp3) is 0.533. The van der Waals surface area contributed by atoms with Gasteiger partial charge in [-0.3, -0.25) is 4.79 Å². The zero-order chi connectivity index (χ0) is 13.1. The van der Waals surface area contributed by atoms with Gasteiger partial charge in [0.15, 0.2) is 6.10 Å². The lowest BCUT2D eigenvalue weighted by Crippen LogP contribution is -2.47. The molecular formula is C15H20N2O2. The van der Waals surface area contributed by atoms with Gasteiger partial charge in [0.25, 0.3) is 5.91 Å². The van der Waals surface area contributed by atoms with Gasteiger partial charge < -0.3 is 15.4 Å². The molecule has 2 N–H and O–H groups in total. The lowest BCUT2D eigenvalue weighted by atomic mass is 9.96. The van der Waals surface area contributed by atoms with Crippen molar-refractivity contribution in [2.45, 2.75) is 31.4 Å². The van der Waals surface area contributed by atoms with Crippen molar-refractivity contribution in [2.75, 3.05) is 19.7 Å². The number of rotatable bonds is 2. The summed E-state index contributed by atoms with van der Waals surface area (Å²) in [5.74, 6) is 0.000787. The summed E-state index contributed by atoms with van der Waals surface area (Å²) in [5, 5.41) is 6.41. The molecule has 19 heavy (non-hydrogen) atoms. The molecule has 4 nitrogen and oxygen atoms in total. The molecule has 0 saturated carbocycles. The third-order valence-electron chi connectivity index (χ3n) is 3.87. The maximum atomic E-state index is 12.4. The lowest BCUT2D eigenvalue weighted by Gasteiger charge is -2.29. The van der Waals surface area contributed by atoms with Gasteiger partial charge in [-0.15, -0.1) is 0 Å². The van der Waals surface area contributed by atoms with Crippen molar-refractivity contribution < 1.29 is 9.53 Å². The molecule has 2 atom stereocenters. The number of amides is 1. The van der Waals surface area contributed by atoms with Crippen LogP contribution in [0.1, 0.15) is 30.1 Å². The highest BCUT2D eigenvalue weighted by Crippen LogP contribution is 2.27. The Hall–Kier alpha value is -1.39. The first-order valence-corrected chi connectivity index (χ1v) is 7.05. The minimum Gasteiger partial charge on any atom is -0.363 e. The zero-order valence-electron chi connectivity index (χ0n) is 11.0. The Kier molecular flexibility index (Phi) is 3.80. The Bertz CT molecular complexity index is 455. The van der Waals surface area contributed by atoms with Crippen LogP contribution in [0, 0.1) is 0 Å². The van der Waals surface area contributed by atoms with E-state index in [-0.39, 0.29) is 11.9 Å². The normalized spacial score (nSPS) is 26.5. The average molecular weight is 260 g/mol. The van der Waals surface area contributed by atoms with Gasteiger partial charge in [0.05, 0.1) is 6.61 Å². The van der Waals surface area contributed by atoms with E-state index in [1.54, 1.807) is 0 Å². The van der Waals surface area contributed by atoms with Crippen LogP contribution in [0.5, 0.6) is 0 Å². The first-order valence-electron chi connectivity index (χ1n) is 7.05. The van der Waals surface area contributed by atoms with Crippen molar-refractivity contribution in [3.8, 4) is 0 Å². The predicted octanol–water partition coefficient (Wildman–Crippen LogP) is 1.17. The Morgan fingerprint density at radius 1 is 1.37 bits per heavy atom. The van der Waals surface area contributed by atoms with E-state index in [1.165, 1.54) is 5.56 Å². The van der Waals surface area contributed by atoms with Gasteiger partial charge in [0.2, 0.25) is 0 Å². The van der Waals surface area contributed by atoms with E-state index in [4.69, 9.17) is 4.74 Å². The fourth-order valence-corrected chi connectivity index (χ4v) is 2.86. The topological polar surface area (TPSA) is 50.4 Å². The molecule has 2 heterocycles. The summed E-state index contributed by atoms with van der Waals surface area (Å²) in [7, 11) is 0. The molecule has 0 bridgehead atoms. The molecule has 102 valence electrons. The number of nitrogens with one attached hydrogen (secondary N) is 2. The smallest absolute Gasteiger partial charge is 0.254 e. The average Bonchev–Trinajstić information content (AvgIpc) is 2.47. The Morgan fingerprint density at radius 3 is 3.11 bits per heavy atom. The van der Waals surface area contributed by atoms with Crippen LogP contribution in [0.4, 0.5) is 0 Å². The monoisotopic (exact) mass is 260 g/mol. The third-order valence-corrected chi connectivity index (χ3v) is 3.87. The minimum atomic E-state index is -0.438. The van der Waals surface area contributed by atoms with Crippen LogP contribution in [0.3, 0.4) is 0 Å². The van der Waals surface area contributed by atoms with Gasteiger partial charge in [-0.1, -0.05) is 24.3 Å². The number of carbonyl (C=O) groups is 1. The zero-order valence-corrected chi connectivity index (χ0v) is 11.0. The molecule has 4 heteroatoms. The number of benzene rings is 1. The minimum absolute atomic E-state index is 0.000787. The summed E-state index contributed by atoms with van der Waals surface area (Å²) in [6.07, 6.45) is 2.62. The summed E-state index contributed by atoms with van der Waals surface area (Å²) < 4.78 is 5.68. The van der Waals surface area contributed by atoms with E-state index >= 15 is 0 Å². The third kappa shape index (κ3) is 2.80. The molecule has 1 saturated heterocycles. The number of piperidine rings is 1. The Labute approximate surface area is 113 Å². The van der Waals surface area contributed by atoms with Crippen LogP contribution in [0.2, 0.25) is 0 Å². The SMILES string of the molecule is O=C(N[C@H]1CCCNC1)C1OCCc2ccccc21. The van der Waals surface area contributed by atoms with Gasteiger partial charge in [-0.25, -0.2) is 0 Å². The maximum Gasteiger partial charge on any atom is 0.254 e.